The Kier molecular flexibility index (Phi) is 5.78. The van der Waals surface area contributed by atoms with Crippen LogP contribution in [0.3, 0.4) is 0 Å². The molecule has 0 aliphatic heterocycles. The SMILES string of the molecule is CCN(Cc1cc(=O)c(OC)c[nH]1)C[C@H](O)c1cccc(O)c1. The quantitative estimate of drug-likeness (QED) is 0.723. The zero-order chi connectivity index (χ0) is 16.8. The standard InChI is InChI=1S/C17H22N2O4/c1-3-19(10-13-8-15(21)17(23-2)9-18-13)11-16(22)12-5-4-6-14(20)7-12/h4-9,16,20,22H,3,10-11H2,1-2H3,(H,18,21)/t16-/m0/s1. The number of hydrogen-bond acceptors (Lipinski definition) is 5. The molecule has 0 saturated heterocycles. The molecule has 0 unspecified atom stereocenters. The smallest absolute Gasteiger partial charge is 0.223 e. The Morgan fingerprint density at radius 1 is 1.35 bits per heavy atom. The minimum absolute atomic E-state index is 0.129. The number of nitrogens with zero attached hydrogens (tertiary/aromatic N) is 1. The molecule has 23 heavy (non-hydrogen) atoms. The minimum Gasteiger partial charge on any atom is -0.508 e. The highest BCUT2D eigenvalue weighted by Crippen LogP contribution is 2.19. The minimum atomic E-state index is -0.716. The van der Waals surface area contributed by atoms with Gasteiger partial charge in [-0.3, -0.25) is 9.69 Å². The van der Waals surface area contributed by atoms with Gasteiger partial charge in [-0.25, -0.2) is 0 Å². The topological polar surface area (TPSA) is 85.8 Å². The highest BCUT2D eigenvalue weighted by molar-refractivity contribution is 5.28. The molecular formula is C17H22N2O4. The molecule has 6 heteroatoms. The molecule has 3 N–H and O–H groups in total. The van der Waals surface area contributed by atoms with Crippen LogP contribution < -0.4 is 10.2 Å². The van der Waals surface area contributed by atoms with E-state index in [9.17, 15) is 15.0 Å². The van der Waals surface area contributed by atoms with E-state index in [-0.39, 0.29) is 16.9 Å². The molecule has 2 aromatic rings. The van der Waals surface area contributed by atoms with Gasteiger partial charge < -0.3 is 19.9 Å². The normalized spacial score (nSPS) is 12.3. The third-order valence-electron chi connectivity index (χ3n) is 3.68. The Balaban J connectivity index is 2.05. The van der Waals surface area contributed by atoms with E-state index in [1.165, 1.54) is 19.4 Å². The van der Waals surface area contributed by atoms with Crippen molar-refractivity contribution in [3.8, 4) is 11.5 Å². The van der Waals surface area contributed by atoms with E-state index >= 15 is 0 Å². The maximum absolute atomic E-state index is 11.8. The van der Waals surface area contributed by atoms with Crippen molar-refractivity contribution in [2.45, 2.75) is 19.6 Å². The summed E-state index contributed by atoms with van der Waals surface area (Å²) in [7, 11) is 1.45. The first-order valence-electron chi connectivity index (χ1n) is 7.48. The summed E-state index contributed by atoms with van der Waals surface area (Å²) in [5.41, 5.74) is 1.23. The number of rotatable bonds is 7. The molecule has 1 atom stereocenters. The molecule has 0 fully saturated rings. The predicted molar refractivity (Wildman–Crippen MR) is 87.6 cm³/mol. The molecule has 0 aliphatic carbocycles. The molecular weight excluding hydrogens is 296 g/mol. The number of hydrogen-bond donors (Lipinski definition) is 3. The Morgan fingerprint density at radius 2 is 2.13 bits per heavy atom. The van der Waals surface area contributed by atoms with Crippen LogP contribution in [-0.2, 0) is 6.54 Å². The third kappa shape index (κ3) is 4.58. The van der Waals surface area contributed by atoms with Gasteiger partial charge in [0.05, 0.1) is 13.2 Å². The van der Waals surface area contributed by atoms with Crippen LogP contribution in [0.2, 0.25) is 0 Å². The van der Waals surface area contributed by atoms with Gasteiger partial charge in [-0.2, -0.15) is 0 Å². The van der Waals surface area contributed by atoms with Crippen molar-refractivity contribution in [3.05, 3.63) is 58.0 Å². The van der Waals surface area contributed by atoms with Gasteiger partial charge in [0.1, 0.15) is 5.75 Å². The lowest BCUT2D eigenvalue weighted by Crippen LogP contribution is -2.29. The van der Waals surface area contributed by atoms with Crippen LogP contribution in [0, 0.1) is 0 Å². The number of H-pyrrole nitrogens is 1. The third-order valence-corrected chi connectivity index (χ3v) is 3.68. The second-order valence-electron chi connectivity index (χ2n) is 5.33. The van der Waals surface area contributed by atoms with E-state index in [1.807, 2.05) is 11.8 Å². The Morgan fingerprint density at radius 3 is 2.74 bits per heavy atom. The van der Waals surface area contributed by atoms with E-state index in [0.717, 1.165) is 5.69 Å². The Hall–Kier alpha value is -2.31. The summed E-state index contributed by atoms with van der Waals surface area (Å²) < 4.78 is 4.94. The van der Waals surface area contributed by atoms with Crippen LogP contribution in [0.1, 0.15) is 24.3 Å². The fourth-order valence-corrected chi connectivity index (χ4v) is 2.38. The average Bonchev–Trinajstić information content (AvgIpc) is 2.54. The first-order valence-corrected chi connectivity index (χ1v) is 7.48. The molecule has 0 saturated carbocycles. The number of pyridine rings is 1. The van der Waals surface area contributed by atoms with Crippen LogP contribution in [0.25, 0.3) is 0 Å². The summed E-state index contributed by atoms with van der Waals surface area (Å²) in [6.07, 6.45) is 0.823. The van der Waals surface area contributed by atoms with E-state index in [0.29, 0.717) is 25.2 Å². The molecule has 1 aromatic carbocycles. The molecule has 1 aromatic heterocycles. The highest BCUT2D eigenvalue weighted by Gasteiger charge is 2.14. The number of nitrogens with one attached hydrogen (secondary N) is 1. The van der Waals surface area contributed by atoms with Gasteiger partial charge in [-0.05, 0) is 24.2 Å². The second kappa shape index (κ2) is 7.80. The van der Waals surface area contributed by atoms with E-state index < -0.39 is 6.10 Å². The average molecular weight is 318 g/mol. The van der Waals surface area contributed by atoms with Crippen molar-refractivity contribution in [2.24, 2.45) is 0 Å². The zero-order valence-corrected chi connectivity index (χ0v) is 13.3. The predicted octanol–water partition coefficient (Wildman–Crippen LogP) is 1.64. The van der Waals surface area contributed by atoms with Gasteiger partial charge in [0, 0.05) is 31.0 Å². The van der Waals surface area contributed by atoms with Gasteiger partial charge in [0.15, 0.2) is 5.75 Å². The van der Waals surface area contributed by atoms with Crippen molar-refractivity contribution in [1.29, 1.82) is 0 Å². The van der Waals surface area contributed by atoms with Crippen molar-refractivity contribution in [3.63, 3.8) is 0 Å². The number of benzene rings is 1. The molecule has 6 nitrogen and oxygen atoms in total. The fraction of sp³-hybridized carbons (Fsp3) is 0.353. The number of phenolic OH excluding ortho intramolecular Hbond substituents is 1. The van der Waals surface area contributed by atoms with Gasteiger partial charge in [0.25, 0.3) is 0 Å². The van der Waals surface area contributed by atoms with E-state index in [4.69, 9.17) is 4.74 Å². The summed E-state index contributed by atoms with van der Waals surface area (Å²) in [6, 6.07) is 8.09. The number of methoxy groups -OCH3 is 1. The molecule has 0 bridgehead atoms. The maximum Gasteiger partial charge on any atom is 0.223 e. The molecule has 1 heterocycles. The Labute approximate surface area is 135 Å². The fourth-order valence-electron chi connectivity index (χ4n) is 2.38. The van der Waals surface area contributed by atoms with Crippen molar-refractivity contribution in [2.75, 3.05) is 20.2 Å². The van der Waals surface area contributed by atoms with Crippen molar-refractivity contribution >= 4 is 0 Å². The first-order chi connectivity index (χ1) is 11.0. The summed E-state index contributed by atoms with van der Waals surface area (Å²) in [6.45, 7) is 3.60. The number of aromatic amines is 1. The number of aliphatic hydroxyl groups is 1. The number of likely N-dealkylation sites (N-methyl/N-ethyl adjacent to an activating group) is 1. The number of aromatic hydroxyl groups is 1. The lowest BCUT2D eigenvalue weighted by molar-refractivity contribution is 0.111. The van der Waals surface area contributed by atoms with Crippen LogP contribution in [0.4, 0.5) is 0 Å². The summed E-state index contributed by atoms with van der Waals surface area (Å²) in [5, 5.41) is 19.8. The Bertz CT molecular complexity index is 699. The van der Waals surface area contributed by atoms with Gasteiger partial charge in [0.2, 0.25) is 5.43 Å². The molecule has 124 valence electrons. The van der Waals surface area contributed by atoms with Crippen LogP contribution in [0.5, 0.6) is 11.5 Å². The van der Waals surface area contributed by atoms with E-state index in [1.54, 1.807) is 24.3 Å². The molecule has 0 spiro atoms. The van der Waals surface area contributed by atoms with Gasteiger partial charge >= 0.3 is 0 Å². The van der Waals surface area contributed by atoms with E-state index in [2.05, 4.69) is 4.98 Å². The number of ether oxygens (including phenoxy) is 1. The summed E-state index contributed by atoms with van der Waals surface area (Å²) in [5.74, 6) is 0.403. The summed E-state index contributed by atoms with van der Waals surface area (Å²) >= 11 is 0. The largest absolute Gasteiger partial charge is 0.508 e. The molecule has 0 aliphatic rings. The lowest BCUT2D eigenvalue weighted by Gasteiger charge is -2.23. The lowest BCUT2D eigenvalue weighted by atomic mass is 10.1. The monoisotopic (exact) mass is 318 g/mol. The van der Waals surface area contributed by atoms with Crippen LogP contribution in [0.15, 0.2) is 41.3 Å². The van der Waals surface area contributed by atoms with Crippen molar-refractivity contribution < 1.29 is 14.9 Å². The number of phenols is 1. The summed E-state index contributed by atoms with van der Waals surface area (Å²) in [4.78, 5) is 16.8. The number of aliphatic hydroxyl groups excluding tert-OH is 1. The molecule has 0 amide bonds. The highest BCUT2D eigenvalue weighted by atomic mass is 16.5. The molecule has 0 radical (unpaired) electrons. The first kappa shape index (κ1) is 17.1. The number of aromatic nitrogens is 1. The van der Waals surface area contributed by atoms with Crippen LogP contribution in [-0.4, -0.2) is 40.3 Å². The zero-order valence-electron chi connectivity index (χ0n) is 13.3. The van der Waals surface area contributed by atoms with Crippen LogP contribution >= 0.6 is 0 Å². The second-order valence-corrected chi connectivity index (χ2v) is 5.33. The van der Waals surface area contributed by atoms with Crippen molar-refractivity contribution in [1.82, 2.24) is 9.88 Å². The van der Waals surface area contributed by atoms with Gasteiger partial charge in [-0.1, -0.05) is 19.1 Å². The van der Waals surface area contributed by atoms with Gasteiger partial charge in [-0.15, -0.1) is 0 Å². The maximum atomic E-state index is 11.8. The molecule has 2 rings (SSSR count).